The quantitative estimate of drug-likeness (QED) is 0.828. The Balaban J connectivity index is 1.96. The summed E-state index contributed by atoms with van der Waals surface area (Å²) in [7, 11) is 0. The molecule has 3 rings (SSSR count). The van der Waals surface area contributed by atoms with Gasteiger partial charge >= 0.3 is 6.09 Å². The molecule has 152 valence electrons. The average molecular weight is 406 g/mol. The fourth-order valence-corrected chi connectivity index (χ4v) is 4.62. The molecule has 2 aromatic rings. The van der Waals surface area contributed by atoms with Gasteiger partial charge in [0.1, 0.15) is 5.75 Å². The van der Waals surface area contributed by atoms with Gasteiger partial charge in [-0.15, -0.1) is 11.3 Å². The summed E-state index contributed by atoms with van der Waals surface area (Å²) in [6, 6.07) is 5.26. The van der Waals surface area contributed by atoms with E-state index in [9.17, 15) is 14.7 Å². The van der Waals surface area contributed by atoms with Crippen molar-refractivity contribution in [1.29, 1.82) is 0 Å². The van der Waals surface area contributed by atoms with Crippen molar-refractivity contribution < 1.29 is 14.6 Å². The molecule has 0 radical (unpaired) electrons. The molecule has 1 aliphatic heterocycles. The Kier molecular flexibility index (Phi) is 6.41. The lowest BCUT2D eigenvalue weighted by atomic mass is 10.0. The molecule has 8 heteroatoms. The number of hydrogen-bond acceptors (Lipinski definition) is 6. The molecule has 0 unspecified atom stereocenters. The second kappa shape index (κ2) is 8.79. The fourth-order valence-electron chi connectivity index (χ4n) is 3.75. The Morgan fingerprint density at radius 2 is 2.00 bits per heavy atom. The molecule has 1 atom stereocenters. The Hall–Kier alpha value is -2.32. The van der Waals surface area contributed by atoms with Crippen LogP contribution in [0.25, 0.3) is 0 Å². The number of ether oxygens (including phenoxy) is 1. The summed E-state index contributed by atoms with van der Waals surface area (Å²) in [6.07, 6.45) is -0.304. The van der Waals surface area contributed by atoms with Gasteiger partial charge in [-0.05, 0) is 38.3 Å². The van der Waals surface area contributed by atoms with Gasteiger partial charge in [0.05, 0.1) is 18.2 Å². The first-order valence-electron chi connectivity index (χ1n) is 9.60. The molecule has 2 aromatic heterocycles. The summed E-state index contributed by atoms with van der Waals surface area (Å²) in [6.45, 7) is 8.68. The predicted molar refractivity (Wildman–Crippen MR) is 109 cm³/mol. The highest BCUT2D eigenvalue weighted by molar-refractivity contribution is 7.10. The van der Waals surface area contributed by atoms with Crippen molar-refractivity contribution in [2.45, 2.75) is 33.4 Å². The Labute approximate surface area is 168 Å². The van der Waals surface area contributed by atoms with Crippen molar-refractivity contribution >= 4 is 17.4 Å². The molecule has 0 spiro atoms. The fraction of sp³-hybridized carbons (Fsp3) is 0.500. The van der Waals surface area contributed by atoms with Crippen molar-refractivity contribution in [3.63, 3.8) is 0 Å². The summed E-state index contributed by atoms with van der Waals surface area (Å²) in [5.41, 5.74) is 0.983. The molecule has 28 heavy (non-hydrogen) atoms. The van der Waals surface area contributed by atoms with Gasteiger partial charge in [0, 0.05) is 43.3 Å². The first kappa shape index (κ1) is 20.4. The molecule has 7 nitrogen and oxygen atoms in total. The number of aromatic hydroxyl groups is 1. The van der Waals surface area contributed by atoms with E-state index in [1.807, 2.05) is 31.4 Å². The van der Waals surface area contributed by atoms with Crippen molar-refractivity contribution in [3.8, 4) is 5.75 Å². The molecule has 0 saturated carbocycles. The summed E-state index contributed by atoms with van der Waals surface area (Å²) in [4.78, 5) is 30.0. The van der Waals surface area contributed by atoms with Crippen molar-refractivity contribution in [2.24, 2.45) is 0 Å². The van der Waals surface area contributed by atoms with Gasteiger partial charge in [-0.25, -0.2) is 4.79 Å². The van der Waals surface area contributed by atoms with E-state index in [-0.39, 0.29) is 23.4 Å². The Morgan fingerprint density at radius 1 is 1.29 bits per heavy atom. The van der Waals surface area contributed by atoms with Gasteiger partial charge in [0.2, 0.25) is 0 Å². The number of piperazine rings is 1. The highest BCUT2D eigenvalue weighted by Crippen LogP contribution is 2.35. The summed E-state index contributed by atoms with van der Waals surface area (Å²) in [5, 5.41) is 12.7. The zero-order valence-electron chi connectivity index (χ0n) is 16.6. The SMILES string of the molecule is CCOC(=O)N1CCN([C@@H](c2cccs2)c2c(O)cc(C)n(CC)c2=O)CC1. The molecular weight excluding hydrogens is 378 g/mol. The Morgan fingerprint density at radius 3 is 2.57 bits per heavy atom. The normalized spacial score (nSPS) is 16.2. The van der Waals surface area contributed by atoms with Gasteiger partial charge < -0.3 is 19.3 Å². The van der Waals surface area contributed by atoms with Crippen molar-refractivity contribution in [2.75, 3.05) is 32.8 Å². The van der Waals surface area contributed by atoms with Crippen molar-refractivity contribution in [3.05, 3.63) is 50.1 Å². The maximum Gasteiger partial charge on any atom is 0.409 e. The van der Waals surface area contributed by atoms with E-state index in [1.54, 1.807) is 33.8 Å². The second-order valence-corrected chi connectivity index (χ2v) is 7.75. The molecule has 3 heterocycles. The number of hydrogen-bond donors (Lipinski definition) is 1. The molecule has 1 amide bonds. The molecule has 0 bridgehead atoms. The van der Waals surface area contributed by atoms with Crippen LogP contribution in [0.1, 0.15) is 36.0 Å². The maximum atomic E-state index is 13.2. The number of thiophene rings is 1. The number of carbonyl (C=O) groups excluding carboxylic acids is 1. The monoisotopic (exact) mass is 405 g/mol. The standard InChI is InChI=1S/C20H27N3O4S/c1-4-23-14(3)13-15(24)17(19(23)25)18(16-7-6-12-28-16)21-8-10-22(11-9-21)20(26)27-5-2/h6-7,12-13,18,24H,4-5,8-11H2,1-3H3/t18-/m0/s1. The number of pyridine rings is 1. The lowest BCUT2D eigenvalue weighted by molar-refractivity contribution is 0.0713. The highest BCUT2D eigenvalue weighted by Gasteiger charge is 2.33. The number of rotatable bonds is 5. The van der Waals surface area contributed by atoms with E-state index in [1.165, 1.54) is 0 Å². The average Bonchev–Trinajstić information content (AvgIpc) is 3.20. The third kappa shape index (κ3) is 3.93. The van der Waals surface area contributed by atoms with Crippen LogP contribution in [0.4, 0.5) is 4.79 Å². The minimum atomic E-state index is -0.338. The van der Waals surface area contributed by atoms with Gasteiger partial charge in [-0.3, -0.25) is 9.69 Å². The van der Waals surface area contributed by atoms with E-state index in [0.29, 0.717) is 44.9 Å². The van der Waals surface area contributed by atoms with Gasteiger partial charge in [-0.1, -0.05) is 6.07 Å². The van der Waals surface area contributed by atoms with Crippen LogP contribution in [0, 0.1) is 6.92 Å². The zero-order chi connectivity index (χ0) is 20.3. The summed E-state index contributed by atoms with van der Waals surface area (Å²) >= 11 is 1.56. The molecule has 1 saturated heterocycles. The van der Waals surface area contributed by atoms with E-state index >= 15 is 0 Å². The van der Waals surface area contributed by atoms with Crippen LogP contribution in [0.3, 0.4) is 0 Å². The molecule has 1 N–H and O–H groups in total. The van der Waals surface area contributed by atoms with E-state index in [4.69, 9.17) is 4.74 Å². The first-order valence-corrected chi connectivity index (χ1v) is 10.5. The first-order chi connectivity index (χ1) is 13.5. The van der Waals surface area contributed by atoms with Gasteiger partial charge in [0.25, 0.3) is 5.56 Å². The summed E-state index contributed by atoms with van der Waals surface area (Å²) in [5.74, 6) is 0.0263. The molecule has 0 aliphatic carbocycles. The zero-order valence-corrected chi connectivity index (χ0v) is 17.4. The van der Waals surface area contributed by atoms with Crippen LogP contribution < -0.4 is 5.56 Å². The number of carbonyl (C=O) groups is 1. The Bertz CT molecular complexity index is 870. The van der Waals surface area contributed by atoms with Crippen LogP contribution in [-0.2, 0) is 11.3 Å². The molecule has 0 aromatic carbocycles. The minimum absolute atomic E-state index is 0.0263. The van der Waals surface area contributed by atoms with Crippen LogP contribution in [0.15, 0.2) is 28.4 Å². The lowest BCUT2D eigenvalue weighted by Crippen LogP contribution is -2.50. The van der Waals surface area contributed by atoms with Crippen LogP contribution in [0.5, 0.6) is 5.75 Å². The third-order valence-corrected chi connectivity index (χ3v) is 6.06. The van der Waals surface area contributed by atoms with Crippen LogP contribution in [0.2, 0.25) is 0 Å². The highest BCUT2D eigenvalue weighted by atomic mass is 32.1. The van der Waals surface area contributed by atoms with E-state index in [2.05, 4.69) is 4.90 Å². The van der Waals surface area contributed by atoms with Gasteiger partial charge in [-0.2, -0.15) is 0 Å². The van der Waals surface area contributed by atoms with Crippen LogP contribution >= 0.6 is 11.3 Å². The molecular formula is C20H27N3O4S. The maximum absolute atomic E-state index is 13.2. The number of nitrogens with zero attached hydrogens (tertiary/aromatic N) is 3. The molecule has 1 aliphatic rings. The number of aryl methyl sites for hydroxylation is 1. The van der Waals surface area contributed by atoms with E-state index < -0.39 is 0 Å². The third-order valence-electron chi connectivity index (χ3n) is 5.13. The molecule has 1 fully saturated rings. The smallest absolute Gasteiger partial charge is 0.409 e. The van der Waals surface area contributed by atoms with Crippen molar-refractivity contribution in [1.82, 2.24) is 14.4 Å². The number of amides is 1. The van der Waals surface area contributed by atoms with E-state index in [0.717, 1.165) is 10.6 Å². The van der Waals surface area contributed by atoms with Crippen LogP contribution in [-0.4, -0.2) is 58.4 Å². The minimum Gasteiger partial charge on any atom is -0.507 e. The lowest BCUT2D eigenvalue weighted by Gasteiger charge is -2.38. The van der Waals surface area contributed by atoms with Gasteiger partial charge in [0.15, 0.2) is 0 Å². The topological polar surface area (TPSA) is 75.0 Å². The second-order valence-electron chi connectivity index (χ2n) is 6.77. The largest absolute Gasteiger partial charge is 0.507 e. The predicted octanol–water partition coefficient (Wildman–Crippen LogP) is 2.81. The number of aromatic nitrogens is 1. The summed E-state index contributed by atoms with van der Waals surface area (Å²) < 4.78 is 6.78.